The molecule has 0 saturated heterocycles. The van der Waals surface area contributed by atoms with Crippen molar-refractivity contribution in [3.05, 3.63) is 0 Å². The van der Waals surface area contributed by atoms with E-state index in [0.717, 1.165) is 32.2 Å². The van der Waals surface area contributed by atoms with Crippen molar-refractivity contribution in [2.24, 2.45) is 0 Å². The van der Waals surface area contributed by atoms with E-state index in [1.807, 2.05) is 14.1 Å². The summed E-state index contributed by atoms with van der Waals surface area (Å²) in [6, 6.07) is 0. The molecule has 0 aromatic heterocycles. The highest BCUT2D eigenvalue weighted by Crippen LogP contribution is 2.12. The van der Waals surface area contributed by atoms with Gasteiger partial charge in [-0.3, -0.25) is 4.55 Å². The number of hydrogen-bond donors (Lipinski definition) is 1. The summed E-state index contributed by atoms with van der Waals surface area (Å²) in [7, 11) is 0.865. The van der Waals surface area contributed by atoms with Gasteiger partial charge in [-0.05, 0) is 44.3 Å². The van der Waals surface area contributed by atoms with Gasteiger partial charge in [0.05, 0.1) is 0 Å². The van der Waals surface area contributed by atoms with E-state index in [1.165, 1.54) is 0 Å². The minimum atomic E-state index is -3.82. The van der Waals surface area contributed by atoms with E-state index in [2.05, 4.69) is 4.90 Å². The first-order valence-corrected chi connectivity index (χ1v) is 7.62. The second-order valence-corrected chi connectivity index (χ2v) is 6.94. The van der Waals surface area contributed by atoms with Crippen LogP contribution in [0.25, 0.3) is 0 Å². The lowest BCUT2D eigenvalue weighted by molar-refractivity contribution is 0.391. The number of nitrogens with zero attached hydrogens (tertiary/aromatic N) is 1. The van der Waals surface area contributed by atoms with Crippen molar-refractivity contribution >= 4 is 19.9 Å². The maximum atomic E-state index is 10.3. The molecule has 0 aliphatic rings. The molecule has 0 bridgehead atoms. The Morgan fingerprint density at radius 1 is 1.14 bits per heavy atom. The van der Waals surface area contributed by atoms with Gasteiger partial charge in [-0.15, -0.1) is 0 Å². The van der Waals surface area contributed by atoms with Crippen LogP contribution in [0.2, 0.25) is 0 Å². The molecule has 0 heterocycles. The molecule has 0 rings (SSSR count). The summed E-state index contributed by atoms with van der Waals surface area (Å²) in [5, 5.41) is 0. The maximum absolute atomic E-state index is 10.3. The van der Waals surface area contributed by atoms with E-state index in [1.54, 1.807) is 0 Å². The first-order chi connectivity index (χ1) is 6.42. The van der Waals surface area contributed by atoms with E-state index in [4.69, 9.17) is 4.55 Å². The van der Waals surface area contributed by atoms with Crippen molar-refractivity contribution < 1.29 is 13.0 Å². The predicted octanol–water partition coefficient (Wildman–Crippen LogP) is 1.64. The molecule has 6 heteroatoms. The van der Waals surface area contributed by atoms with E-state index >= 15 is 0 Å². The van der Waals surface area contributed by atoms with E-state index in [9.17, 15) is 8.42 Å². The quantitative estimate of drug-likeness (QED) is 0.398. The lowest BCUT2D eigenvalue weighted by Crippen LogP contribution is -2.12. The minimum absolute atomic E-state index is 0.487. The fourth-order valence-electron chi connectivity index (χ4n) is 1.05. The van der Waals surface area contributed by atoms with Crippen molar-refractivity contribution in [2.45, 2.75) is 25.7 Å². The van der Waals surface area contributed by atoms with Gasteiger partial charge in [0, 0.05) is 5.75 Å². The molecule has 1 N–H and O–H groups in total. The van der Waals surface area contributed by atoms with Crippen molar-refractivity contribution in [1.29, 1.82) is 0 Å². The van der Waals surface area contributed by atoms with Gasteiger partial charge in [0.25, 0.3) is 0 Å². The molecule has 14 heavy (non-hydrogen) atoms. The zero-order valence-corrected chi connectivity index (χ0v) is 10.4. The molecule has 0 aromatic carbocycles. The van der Waals surface area contributed by atoms with Crippen LogP contribution in [0.3, 0.4) is 0 Å². The number of hydrogen-bond acceptors (Lipinski definition) is 4. The standard InChI is InChI=1S/C8H19NO3S2/c1-9(2)7-5-3-4-6-8-13-14(10,11)12/h3-8H2,1-2H3,(H,10,11,12). The zero-order valence-electron chi connectivity index (χ0n) is 8.77. The van der Waals surface area contributed by atoms with E-state index < -0.39 is 9.15 Å². The Hall–Kier alpha value is 0.220. The summed E-state index contributed by atoms with van der Waals surface area (Å²) in [5.74, 6) is 0.487. The van der Waals surface area contributed by atoms with Crippen LogP contribution in [0, 0.1) is 0 Å². The average Bonchev–Trinajstić information content (AvgIpc) is 2.00. The molecule has 0 saturated carbocycles. The molecule has 86 valence electrons. The maximum Gasteiger partial charge on any atom is 0.319 e. The number of unbranched alkanes of at least 4 members (excludes halogenated alkanes) is 3. The highest BCUT2D eigenvalue weighted by Gasteiger charge is 2.03. The molecule has 0 aliphatic carbocycles. The SMILES string of the molecule is CN(C)CCCCCCSS(=O)(=O)O. The predicted molar refractivity (Wildman–Crippen MR) is 61.0 cm³/mol. The summed E-state index contributed by atoms with van der Waals surface area (Å²) in [6.07, 6.45) is 4.13. The lowest BCUT2D eigenvalue weighted by atomic mass is 10.2. The van der Waals surface area contributed by atoms with Gasteiger partial charge in [-0.25, -0.2) is 0 Å². The topological polar surface area (TPSA) is 57.6 Å². The second-order valence-electron chi connectivity index (χ2n) is 3.47. The lowest BCUT2D eigenvalue weighted by Gasteiger charge is -2.08. The molecule has 0 atom stereocenters. The van der Waals surface area contributed by atoms with Crippen LogP contribution < -0.4 is 0 Å². The van der Waals surface area contributed by atoms with Gasteiger partial charge < -0.3 is 4.90 Å². The zero-order chi connectivity index (χ0) is 11.0. The summed E-state index contributed by atoms with van der Waals surface area (Å²) in [4.78, 5) is 2.13. The molecule has 0 spiro atoms. The number of rotatable bonds is 8. The van der Waals surface area contributed by atoms with Crippen LogP contribution >= 0.6 is 10.8 Å². The summed E-state index contributed by atoms with van der Waals surface area (Å²) < 4.78 is 29.1. The Kier molecular flexibility index (Phi) is 7.62. The van der Waals surface area contributed by atoms with Gasteiger partial charge in [0.1, 0.15) is 0 Å². The third kappa shape index (κ3) is 12.2. The third-order valence-corrected chi connectivity index (χ3v) is 3.88. The van der Waals surface area contributed by atoms with Crippen molar-refractivity contribution in [2.75, 3.05) is 26.4 Å². The molecule has 0 aliphatic heterocycles. The highest BCUT2D eigenvalue weighted by molar-refractivity contribution is 8.69. The summed E-state index contributed by atoms with van der Waals surface area (Å²) in [5.41, 5.74) is 0. The molecule has 4 nitrogen and oxygen atoms in total. The molecule has 0 unspecified atom stereocenters. The van der Waals surface area contributed by atoms with Crippen LogP contribution in [0.5, 0.6) is 0 Å². The smallest absolute Gasteiger partial charge is 0.309 e. The Morgan fingerprint density at radius 2 is 1.71 bits per heavy atom. The third-order valence-electron chi connectivity index (χ3n) is 1.73. The summed E-state index contributed by atoms with van der Waals surface area (Å²) >= 11 is 0. The van der Waals surface area contributed by atoms with Crippen LogP contribution in [0.1, 0.15) is 25.7 Å². The first kappa shape index (κ1) is 14.2. The molecule has 0 aromatic rings. The molecule has 0 radical (unpaired) electrons. The Labute approximate surface area is 90.2 Å². The molecule has 0 fully saturated rings. The van der Waals surface area contributed by atoms with Gasteiger partial charge in [-0.1, -0.05) is 12.8 Å². The van der Waals surface area contributed by atoms with Crippen LogP contribution in [0.15, 0.2) is 0 Å². The fraction of sp³-hybridized carbons (Fsp3) is 1.00. The fourth-order valence-corrected chi connectivity index (χ4v) is 2.57. The second kappa shape index (κ2) is 7.50. The van der Waals surface area contributed by atoms with Crippen molar-refractivity contribution in [1.82, 2.24) is 4.90 Å². The minimum Gasteiger partial charge on any atom is -0.309 e. The monoisotopic (exact) mass is 241 g/mol. The Morgan fingerprint density at radius 3 is 2.21 bits per heavy atom. The molecular formula is C8H19NO3S2. The molecule has 0 amide bonds. The van der Waals surface area contributed by atoms with Crippen molar-refractivity contribution in [3.63, 3.8) is 0 Å². The van der Waals surface area contributed by atoms with Gasteiger partial charge in [0.15, 0.2) is 0 Å². The Balaban J connectivity index is 3.15. The van der Waals surface area contributed by atoms with Gasteiger partial charge >= 0.3 is 9.15 Å². The van der Waals surface area contributed by atoms with Crippen LogP contribution in [-0.4, -0.2) is 44.3 Å². The van der Waals surface area contributed by atoms with E-state index in [-0.39, 0.29) is 0 Å². The van der Waals surface area contributed by atoms with E-state index in [0.29, 0.717) is 16.5 Å². The molecular weight excluding hydrogens is 222 g/mol. The van der Waals surface area contributed by atoms with Crippen LogP contribution in [-0.2, 0) is 9.15 Å². The van der Waals surface area contributed by atoms with Gasteiger partial charge in [0.2, 0.25) is 0 Å². The van der Waals surface area contributed by atoms with Crippen molar-refractivity contribution in [3.8, 4) is 0 Å². The Bertz CT molecular complexity index is 227. The summed E-state index contributed by atoms with van der Waals surface area (Å²) in [6.45, 7) is 1.07. The first-order valence-electron chi connectivity index (χ1n) is 4.68. The van der Waals surface area contributed by atoms with Crippen LogP contribution in [0.4, 0.5) is 0 Å². The normalized spacial score (nSPS) is 12.3. The highest BCUT2D eigenvalue weighted by atomic mass is 33.1. The van der Waals surface area contributed by atoms with Gasteiger partial charge in [-0.2, -0.15) is 8.42 Å². The largest absolute Gasteiger partial charge is 0.319 e. The average molecular weight is 241 g/mol.